The van der Waals surface area contributed by atoms with Gasteiger partial charge < -0.3 is 15.1 Å². The zero-order chi connectivity index (χ0) is 16.9. The first-order valence-corrected chi connectivity index (χ1v) is 8.28. The first-order chi connectivity index (χ1) is 11.6. The van der Waals surface area contributed by atoms with Gasteiger partial charge in [0, 0.05) is 19.2 Å². The highest BCUT2D eigenvalue weighted by atomic mass is 16.3. The number of aromatic nitrogens is 2. The molecule has 2 N–H and O–H groups in total. The number of anilines is 1. The van der Waals surface area contributed by atoms with E-state index in [1.165, 1.54) is 11.1 Å². The molecular weight excluding hydrogens is 308 g/mol. The van der Waals surface area contributed by atoms with Crippen LogP contribution in [-0.4, -0.2) is 21.6 Å². The summed E-state index contributed by atoms with van der Waals surface area (Å²) in [7, 11) is 1.72. The van der Waals surface area contributed by atoms with Crippen LogP contribution in [0.5, 0.6) is 0 Å². The van der Waals surface area contributed by atoms with Gasteiger partial charge in [0.2, 0.25) is 5.91 Å². The van der Waals surface area contributed by atoms with Gasteiger partial charge in [0.05, 0.1) is 18.5 Å². The van der Waals surface area contributed by atoms with Gasteiger partial charge in [0.15, 0.2) is 5.69 Å². The summed E-state index contributed by atoms with van der Waals surface area (Å²) in [4.78, 5) is 24.8. The van der Waals surface area contributed by atoms with Crippen molar-refractivity contribution in [1.82, 2.24) is 15.1 Å². The summed E-state index contributed by atoms with van der Waals surface area (Å²) in [5.74, 6) is 0.318. The Labute approximate surface area is 140 Å². The molecule has 1 fully saturated rings. The van der Waals surface area contributed by atoms with Crippen LogP contribution in [0.15, 0.2) is 29.0 Å². The number of furan rings is 1. The Hall–Kier alpha value is -2.57. The predicted molar refractivity (Wildman–Crippen MR) is 88.3 cm³/mol. The molecule has 7 heteroatoms. The van der Waals surface area contributed by atoms with E-state index in [2.05, 4.69) is 15.7 Å². The van der Waals surface area contributed by atoms with Crippen LogP contribution in [0.2, 0.25) is 0 Å². The van der Waals surface area contributed by atoms with E-state index in [1.807, 2.05) is 0 Å². The van der Waals surface area contributed by atoms with Crippen molar-refractivity contribution in [3.63, 3.8) is 0 Å². The van der Waals surface area contributed by atoms with E-state index in [4.69, 9.17) is 4.42 Å². The normalized spacial score (nSPS) is 15.2. The fraction of sp³-hybridized carbons (Fsp3) is 0.471. The van der Waals surface area contributed by atoms with Crippen LogP contribution < -0.4 is 10.6 Å². The summed E-state index contributed by atoms with van der Waals surface area (Å²) in [6.45, 7) is 0.276. The van der Waals surface area contributed by atoms with Crippen molar-refractivity contribution in [2.75, 3.05) is 5.32 Å². The third-order valence-corrected chi connectivity index (χ3v) is 4.28. The number of hydrogen-bond donors (Lipinski definition) is 2. The standard InChI is InChI=1S/C17H22N4O3/c1-21-11-14(19-16(22)12-6-3-2-4-7-12)15(20-21)17(23)18-10-13-8-5-9-24-13/h5,8-9,11-12H,2-4,6-7,10H2,1H3,(H,18,23)(H,19,22). The lowest BCUT2D eigenvalue weighted by Crippen LogP contribution is -2.27. The van der Waals surface area contributed by atoms with Crippen LogP contribution in [0.3, 0.4) is 0 Å². The number of nitrogens with one attached hydrogen (secondary N) is 2. The average molecular weight is 330 g/mol. The molecule has 1 saturated carbocycles. The molecule has 24 heavy (non-hydrogen) atoms. The molecule has 2 amide bonds. The van der Waals surface area contributed by atoms with Gasteiger partial charge in [-0.05, 0) is 25.0 Å². The summed E-state index contributed by atoms with van der Waals surface area (Å²) in [5.41, 5.74) is 0.665. The quantitative estimate of drug-likeness (QED) is 0.881. The van der Waals surface area contributed by atoms with Gasteiger partial charge >= 0.3 is 0 Å². The number of hydrogen-bond acceptors (Lipinski definition) is 4. The topological polar surface area (TPSA) is 89.2 Å². The number of nitrogens with zero attached hydrogens (tertiary/aromatic N) is 2. The van der Waals surface area contributed by atoms with E-state index >= 15 is 0 Å². The molecule has 0 aliphatic heterocycles. The van der Waals surface area contributed by atoms with Crippen LogP contribution in [0, 0.1) is 5.92 Å². The number of amides is 2. The molecule has 0 radical (unpaired) electrons. The zero-order valence-corrected chi connectivity index (χ0v) is 13.7. The summed E-state index contributed by atoms with van der Waals surface area (Å²) in [5, 5.41) is 9.78. The van der Waals surface area contributed by atoms with E-state index in [0.717, 1.165) is 25.7 Å². The second-order valence-electron chi connectivity index (χ2n) is 6.15. The summed E-state index contributed by atoms with van der Waals surface area (Å²) >= 11 is 0. The number of aryl methyl sites for hydroxylation is 1. The molecular formula is C17H22N4O3. The molecule has 2 heterocycles. The lowest BCUT2D eigenvalue weighted by molar-refractivity contribution is -0.120. The monoisotopic (exact) mass is 330 g/mol. The fourth-order valence-electron chi connectivity index (χ4n) is 3.01. The highest BCUT2D eigenvalue weighted by molar-refractivity contribution is 6.02. The van der Waals surface area contributed by atoms with E-state index in [9.17, 15) is 9.59 Å². The number of carbonyl (C=O) groups excluding carboxylic acids is 2. The van der Waals surface area contributed by atoms with Crippen molar-refractivity contribution in [1.29, 1.82) is 0 Å². The van der Waals surface area contributed by atoms with Gasteiger partial charge in [-0.15, -0.1) is 0 Å². The Bertz CT molecular complexity index is 699. The fourth-order valence-corrected chi connectivity index (χ4v) is 3.01. The van der Waals surface area contributed by atoms with Gasteiger partial charge in [-0.25, -0.2) is 0 Å². The number of rotatable bonds is 5. The van der Waals surface area contributed by atoms with Crippen LogP contribution in [0.4, 0.5) is 5.69 Å². The van der Waals surface area contributed by atoms with E-state index in [0.29, 0.717) is 11.4 Å². The maximum Gasteiger partial charge on any atom is 0.274 e. The van der Waals surface area contributed by atoms with Crippen LogP contribution in [0.25, 0.3) is 0 Å². The highest BCUT2D eigenvalue weighted by Gasteiger charge is 2.24. The molecule has 7 nitrogen and oxygen atoms in total. The van der Waals surface area contributed by atoms with Crippen molar-refractivity contribution in [3.8, 4) is 0 Å². The van der Waals surface area contributed by atoms with Crippen molar-refractivity contribution < 1.29 is 14.0 Å². The highest BCUT2D eigenvalue weighted by Crippen LogP contribution is 2.25. The van der Waals surface area contributed by atoms with Gasteiger partial charge in [-0.2, -0.15) is 5.10 Å². The summed E-state index contributed by atoms with van der Waals surface area (Å²) in [6.07, 6.45) is 8.39. The smallest absolute Gasteiger partial charge is 0.274 e. The zero-order valence-electron chi connectivity index (χ0n) is 13.7. The Morgan fingerprint density at radius 2 is 2.12 bits per heavy atom. The molecule has 0 bridgehead atoms. The van der Waals surface area contributed by atoms with E-state index in [-0.39, 0.29) is 30.0 Å². The largest absolute Gasteiger partial charge is 0.467 e. The predicted octanol–water partition coefficient (Wildman–Crippen LogP) is 2.46. The van der Waals surface area contributed by atoms with Gasteiger partial charge in [-0.1, -0.05) is 19.3 Å². The minimum atomic E-state index is -0.342. The Kier molecular flexibility index (Phi) is 4.98. The van der Waals surface area contributed by atoms with Crippen molar-refractivity contribution in [2.45, 2.75) is 38.6 Å². The molecule has 2 aromatic heterocycles. The molecule has 0 atom stereocenters. The Morgan fingerprint density at radius 3 is 2.83 bits per heavy atom. The van der Waals surface area contributed by atoms with Crippen LogP contribution >= 0.6 is 0 Å². The van der Waals surface area contributed by atoms with Crippen molar-refractivity contribution in [3.05, 3.63) is 36.0 Å². The lowest BCUT2D eigenvalue weighted by Gasteiger charge is -2.20. The molecule has 3 rings (SSSR count). The molecule has 1 aliphatic carbocycles. The van der Waals surface area contributed by atoms with Crippen molar-refractivity contribution >= 4 is 17.5 Å². The summed E-state index contributed by atoms with van der Waals surface area (Å²) in [6, 6.07) is 3.54. The molecule has 2 aromatic rings. The third-order valence-electron chi connectivity index (χ3n) is 4.28. The first kappa shape index (κ1) is 16.3. The van der Waals surface area contributed by atoms with Gasteiger partial charge in [0.25, 0.3) is 5.91 Å². The van der Waals surface area contributed by atoms with Crippen molar-refractivity contribution in [2.24, 2.45) is 13.0 Å². The average Bonchev–Trinajstić information content (AvgIpc) is 3.23. The second-order valence-corrected chi connectivity index (χ2v) is 6.15. The molecule has 1 aliphatic rings. The minimum absolute atomic E-state index is 0.0252. The third kappa shape index (κ3) is 3.84. The van der Waals surface area contributed by atoms with Crippen LogP contribution in [-0.2, 0) is 18.4 Å². The number of carbonyl (C=O) groups is 2. The van der Waals surface area contributed by atoms with Gasteiger partial charge in [0.1, 0.15) is 5.76 Å². The molecule has 0 unspecified atom stereocenters. The maximum absolute atomic E-state index is 12.4. The molecule has 128 valence electrons. The molecule has 0 aromatic carbocycles. The Balaban J connectivity index is 1.65. The maximum atomic E-state index is 12.4. The summed E-state index contributed by atoms with van der Waals surface area (Å²) < 4.78 is 6.72. The van der Waals surface area contributed by atoms with E-state index in [1.54, 1.807) is 31.6 Å². The van der Waals surface area contributed by atoms with Gasteiger partial charge in [-0.3, -0.25) is 14.3 Å². The van der Waals surface area contributed by atoms with E-state index < -0.39 is 0 Å². The minimum Gasteiger partial charge on any atom is -0.467 e. The SMILES string of the molecule is Cn1cc(NC(=O)C2CCCCC2)c(C(=O)NCc2ccco2)n1. The Morgan fingerprint density at radius 1 is 1.33 bits per heavy atom. The van der Waals surface area contributed by atoms with Crippen LogP contribution in [0.1, 0.15) is 48.4 Å². The molecule has 0 spiro atoms. The first-order valence-electron chi connectivity index (χ1n) is 8.28. The second kappa shape index (κ2) is 7.33. The lowest BCUT2D eigenvalue weighted by atomic mass is 9.88. The molecule has 0 saturated heterocycles.